The standard InChI is InChI=1S/C30H40N4O3/c1-3-14-32-17-19-33(20-18-32)25-8-4-24(5-9-25)28(36)31-27-21-30(27)12-15-34(16-13-30)29(37)22(2)23-6-10-26(35)11-7-23/h4-11,22,27,35H,3,12-21H2,1-2H3,(H,31,36). The summed E-state index contributed by atoms with van der Waals surface area (Å²) >= 11 is 0. The molecule has 3 aliphatic rings. The molecule has 2 aromatic carbocycles. The van der Waals surface area contributed by atoms with Gasteiger partial charge in [0.1, 0.15) is 5.75 Å². The number of nitrogens with one attached hydrogen (secondary N) is 1. The number of nitrogens with zero attached hydrogens (tertiary/aromatic N) is 3. The van der Waals surface area contributed by atoms with Gasteiger partial charge in [0, 0.05) is 56.6 Å². The van der Waals surface area contributed by atoms with E-state index in [0.29, 0.717) is 5.56 Å². The maximum Gasteiger partial charge on any atom is 0.251 e. The third-order valence-corrected chi connectivity index (χ3v) is 8.74. The van der Waals surface area contributed by atoms with Crippen LogP contribution in [0.5, 0.6) is 5.75 Å². The van der Waals surface area contributed by atoms with Crippen LogP contribution in [-0.4, -0.2) is 78.6 Å². The van der Waals surface area contributed by atoms with Gasteiger partial charge in [-0.15, -0.1) is 0 Å². The molecule has 2 unspecified atom stereocenters. The Balaban J connectivity index is 1.09. The van der Waals surface area contributed by atoms with Crippen LogP contribution in [0.25, 0.3) is 0 Å². The predicted molar refractivity (Wildman–Crippen MR) is 146 cm³/mol. The average molecular weight is 505 g/mol. The molecule has 2 saturated heterocycles. The Bertz CT molecular complexity index is 1080. The van der Waals surface area contributed by atoms with Gasteiger partial charge in [-0.25, -0.2) is 0 Å². The fourth-order valence-corrected chi connectivity index (χ4v) is 6.07. The summed E-state index contributed by atoms with van der Waals surface area (Å²) in [7, 11) is 0. The molecule has 2 aromatic rings. The van der Waals surface area contributed by atoms with Crippen molar-refractivity contribution < 1.29 is 14.7 Å². The molecule has 2 amide bonds. The van der Waals surface area contributed by atoms with E-state index < -0.39 is 0 Å². The summed E-state index contributed by atoms with van der Waals surface area (Å²) in [4.78, 5) is 32.9. The van der Waals surface area contributed by atoms with E-state index in [2.05, 4.69) is 34.2 Å². The minimum atomic E-state index is -0.229. The first-order chi connectivity index (χ1) is 17.9. The smallest absolute Gasteiger partial charge is 0.251 e. The minimum Gasteiger partial charge on any atom is -0.508 e. The van der Waals surface area contributed by atoms with E-state index in [1.807, 2.05) is 36.1 Å². The van der Waals surface area contributed by atoms with Gasteiger partial charge in [0.15, 0.2) is 0 Å². The molecule has 2 atom stereocenters. The van der Waals surface area contributed by atoms with Crippen molar-refractivity contribution in [2.24, 2.45) is 5.41 Å². The van der Waals surface area contributed by atoms with Crippen LogP contribution in [0, 0.1) is 5.41 Å². The number of rotatable bonds is 7. The first-order valence-corrected chi connectivity index (χ1v) is 13.8. The Hall–Kier alpha value is -3.06. The molecular formula is C30H40N4O3. The van der Waals surface area contributed by atoms with Gasteiger partial charge in [-0.1, -0.05) is 19.1 Å². The molecule has 0 radical (unpaired) electrons. The Labute approximate surface area is 220 Å². The average Bonchev–Trinajstić information content (AvgIpc) is 3.59. The number of benzene rings is 2. The predicted octanol–water partition coefficient (Wildman–Crippen LogP) is 3.84. The quantitative estimate of drug-likeness (QED) is 0.599. The highest BCUT2D eigenvalue weighted by Crippen LogP contribution is 2.54. The lowest BCUT2D eigenvalue weighted by molar-refractivity contribution is -0.134. The van der Waals surface area contributed by atoms with Gasteiger partial charge >= 0.3 is 0 Å². The van der Waals surface area contributed by atoms with Crippen molar-refractivity contribution in [1.82, 2.24) is 15.1 Å². The fourth-order valence-electron chi connectivity index (χ4n) is 6.07. The molecule has 198 valence electrons. The van der Waals surface area contributed by atoms with Crippen molar-refractivity contribution in [1.29, 1.82) is 0 Å². The molecule has 2 heterocycles. The molecule has 0 aromatic heterocycles. The Kier molecular flexibility index (Phi) is 7.43. The minimum absolute atomic E-state index is 0.000600. The number of aromatic hydroxyl groups is 1. The number of phenolic OH excluding ortho intramolecular Hbond substituents is 1. The van der Waals surface area contributed by atoms with E-state index in [4.69, 9.17) is 0 Å². The number of phenols is 1. The highest BCUT2D eigenvalue weighted by atomic mass is 16.3. The first-order valence-electron chi connectivity index (χ1n) is 13.8. The third-order valence-electron chi connectivity index (χ3n) is 8.74. The maximum absolute atomic E-state index is 13.0. The largest absolute Gasteiger partial charge is 0.508 e. The maximum atomic E-state index is 13.0. The number of hydrogen-bond acceptors (Lipinski definition) is 5. The van der Waals surface area contributed by atoms with Gasteiger partial charge in [-0.05, 0) is 86.5 Å². The SMILES string of the molecule is CCCN1CCN(c2ccc(C(=O)NC3CC34CCN(C(=O)C(C)c3ccc(O)cc3)CC4)cc2)CC1. The van der Waals surface area contributed by atoms with Crippen LogP contribution in [0.2, 0.25) is 0 Å². The van der Waals surface area contributed by atoms with Gasteiger partial charge in [-0.3, -0.25) is 14.5 Å². The van der Waals surface area contributed by atoms with Crippen molar-refractivity contribution in [3.05, 3.63) is 59.7 Å². The second-order valence-electron chi connectivity index (χ2n) is 11.1. The molecule has 7 heteroatoms. The monoisotopic (exact) mass is 504 g/mol. The molecule has 1 saturated carbocycles. The number of carbonyl (C=O) groups excluding carboxylic acids is 2. The molecular weight excluding hydrogens is 464 g/mol. The molecule has 1 aliphatic carbocycles. The van der Waals surface area contributed by atoms with Crippen LogP contribution in [0.3, 0.4) is 0 Å². The van der Waals surface area contributed by atoms with Crippen LogP contribution < -0.4 is 10.2 Å². The number of amides is 2. The van der Waals surface area contributed by atoms with Gasteiger partial charge in [-0.2, -0.15) is 0 Å². The van der Waals surface area contributed by atoms with E-state index in [1.54, 1.807) is 12.1 Å². The van der Waals surface area contributed by atoms with Crippen molar-refractivity contribution in [2.45, 2.75) is 51.5 Å². The van der Waals surface area contributed by atoms with Gasteiger partial charge < -0.3 is 20.2 Å². The summed E-state index contributed by atoms with van der Waals surface area (Å²) in [6, 6.07) is 15.1. The molecule has 5 rings (SSSR count). The molecule has 1 spiro atoms. The zero-order valence-electron chi connectivity index (χ0n) is 22.2. The Morgan fingerprint density at radius 2 is 1.62 bits per heavy atom. The van der Waals surface area contributed by atoms with E-state index in [-0.39, 0.29) is 34.9 Å². The lowest BCUT2D eigenvalue weighted by Crippen LogP contribution is -2.46. The van der Waals surface area contributed by atoms with Crippen LogP contribution in [-0.2, 0) is 4.79 Å². The number of anilines is 1. The molecule has 2 aliphatic heterocycles. The lowest BCUT2D eigenvalue weighted by atomic mass is 9.91. The first kappa shape index (κ1) is 25.6. The molecule has 7 nitrogen and oxygen atoms in total. The summed E-state index contributed by atoms with van der Waals surface area (Å²) in [5, 5.41) is 12.8. The number of carbonyl (C=O) groups is 2. The van der Waals surface area contributed by atoms with E-state index in [9.17, 15) is 14.7 Å². The van der Waals surface area contributed by atoms with E-state index >= 15 is 0 Å². The number of likely N-dealkylation sites (tertiary alicyclic amines) is 1. The summed E-state index contributed by atoms with van der Waals surface area (Å²) < 4.78 is 0. The van der Waals surface area contributed by atoms with Crippen molar-refractivity contribution in [3.63, 3.8) is 0 Å². The number of piperazine rings is 1. The zero-order chi connectivity index (χ0) is 26.0. The van der Waals surface area contributed by atoms with Gasteiger partial charge in [0.05, 0.1) is 5.92 Å². The second-order valence-corrected chi connectivity index (χ2v) is 11.1. The van der Waals surface area contributed by atoms with E-state index in [1.165, 1.54) is 18.7 Å². The van der Waals surface area contributed by atoms with Gasteiger partial charge in [0.25, 0.3) is 5.91 Å². The highest BCUT2D eigenvalue weighted by molar-refractivity contribution is 5.95. The van der Waals surface area contributed by atoms with Crippen molar-refractivity contribution in [2.75, 3.05) is 50.7 Å². The van der Waals surface area contributed by atoms with Crippen molar-refractivity contribution in [3.8, 4) is 5.75 Å². The van der Waals surface area contributed by atoms with Crippen LogP contribution in [0.15, 0.2) is 48.5 Å². The van der Waals surface area contributed by atoms with E-state index in [0.717, 1.165) is 64.1 Å². The molecule has 0 bridgehead atoms. The number of piperidine rings is 1. The summed E-state index contributed by atoms with van der Waals surface area (Å²) in [6.45, 7) is 11.0. The lowest BCUT2D eigenvalue weighted by Gasteiger charge is -2.36. The normalized spacial score (nSPS) is 22.1. The Morgan fingerprint density at radius 3 is 2.24 bits per heavy atom. The molecule has 3 fully saturated rings. The summed E-state index contributed by atoms with van der Waals surface area (Å²) in [6.07, 6.45) is 4.04. The highest BCUT2D eigenvalue weighted by Gasteiger charge is 2.56. The number of hydrogen-bond donors (Lipinski definition) is 2. The summed E-state index contributed by atoms with van der Waals surface area (Å²) in [5.74, 6) is 0.115. The van der Waals surface area contributed by atoms with Crippen LogP contribution in [0.4, 0.5) is 5.69 Å². The molecule has 37 heavy (non-hydrogen) atoms. The topological polar surface area (TPSA) is 76.1 Å². The molecule has 2 N–H and O–H groups in total. The summed E-state index contributed by atoms with van der Waals surface area (Å²) in [5.41, 5.74) is 2.95. The Morgan fingerprint density at radius 1 is 0.973 bits per heavy atom. The van der Waals surface area contributed by atoms with Crippen LogP contribution in [0.1, 0.15) is 61.4 Å². The fraction of sp³-hybridized carbons (Fsp3) is 0.533. The van der Waals surface area contributed by atoms with Crippen LogP contribution >= 0.6 is 0 Å². The zero-order valence-corrected chi connectivity index (χ0v) is 22.2. The van der Waals surface area contributed by atoms with Crippen molar-refractivity contribution >= 4 is 17.5 Å². The van der Waals surface area contributed by atoms with Gasteiger partial charge in [0.2, 0.25) is 5.91 Å². The third kappa shape index (κ3) is 5.61. The second kappa shape index (κ2) is 10.7.